The van der Waals surface area contributed by atoms with E-state index in [1.807, 2.05) is 0 Å². The molecular formula is C3H16B3NO9. The van der Waals surface area contributed by atoms with Crippen molar-refractivity contribution in [3.8, 4) is 0 Å². The fraction of sp³-hybridized carbons (Fsp3) is 0.333. The molecule has 0 aliphatic carbocycles. The van der Waals surface area contributed by atoms with Gasteiger partial charge in [-0.3, -0.25) is 0 Å². The summed E-state index contributed by atoms with van der Waals surface area (Å²) in [5.74, 6) is 0. The minimum absolute atomic E-state index is 0.583. The van der Waals surface area contributed by atoms with Crippen molar-refractivity contribution in [3.05, 3.63) is 12.7 Å². The van der Waals surface area contributed by atoms with Crippen LogP contribution in [0.2, 0.25) is 0 Å². The molecule has 0 aromatic rings. The van der Waals surface area contributed by atoms with E-state index in [0.29, 0.717) is 6.54 Å². The summed E-state index contributed by atoms with van der Waals surface area (Å²) < 4.78 is 0. The second-order valence-corrected chi connectivity index (χ2v) is 1.56. The molecule has 0 atom stereocenters. The Hall–Kier alpha value is -0.465. The quantitative estimate of drug-likeness (QED) is 0.155. The average molecular weight is 243 g/mol. The van der Waals surface area contributed by atoms with Gasteiger partial charge in [0.1, 0.15) is 0 Å². The monoisotopic (exact) mass is 243 g/mol. The summed E-state index contributed by atoms with van der Waals surface area (Å²) in [6, 6.07) is 0. The molecule has 0 aliphatic heterocycles. The smallest absolute Gasteiger partial charge is 0.402 e. The van der Waals surface area contributed by atoms with Crippen molar-refractivity contribution in [1.82, 2.24) is 0 Å². The molecule has 0 aliphatic rings. The van der Waals surface area contributed by atoms with Crippen LogP contribution in [-0.2, 0) is 0 Å². The number of rotatable bonds is 1. The zero-order valence-electron chi connectivity index (χ0n) is 8.33. The van der Waals surface area contributed by atoms with E-state index in [0.717, 1.165) is 0 Å². The molecule has 13 heteroatoms. The number of hydrogen-bond donors (Lipinski definition) is 10. The minimum Gasteiger partial charge on any atom is -0.402 e. The van der Waals surface area contributed by atoms with Gasteiger partial charge in [0.25, 0.3) is 0 Å². The van der Waals surface area contributed by atoms with E-state index in [1.165, 1.54) is 0 Å². The Morgan fingerprint density at radius 3 is 0.812 bits per heavy atom. The van der Waals surface area contributed by atoms with Gasteiger partial charge in [-0.2, -0.15) is 0 Å². The molecule has 0 fully saturated rings. The van der Waals surface area contributed by atoms with Crippen LogP contribution >= 0.6 is 0 Å². The van der Waals surface area contributed by atoms with Gasteiger partial charge in [0.05, 0.1) is 0 Å². The molecule has 16 heavy (non-hydrogen) atoms. The SMILES string of the molecule is C=CCN.OB(O)O.OB(O)O.OB(O)O. The highest BCUT2D eigenvalue weighted by Crippen LogP contribution is 1.41. The highest BCUT2D eigenvalue weighted by Gasteiger charge is 1.93. The Morgan fingerprint density at radius 1 is 0.750 bits per heavy atom. The molecule has 10 nitrogen and oxygen atoms in total. The molecule has 0 amide bonds. The maximum absolute atomic E-state index is 7.17. The van der Waals surface area contributed by atoms with Crippen LogP contribution in [-0.4, -0.2) is 73.7 Å². The van der Waals surface area contributed by atoms with E-state index in [2.05, 4.69) is 6.58 Å². The number of nitrogens with two attached hydrogens (primary N) is 1. The van der Waals surface area contributed by atoms with Crippen LogP contribution in [0.5, 0.6) is 0 Å². The lowest BCUT2D eigenvalue weighted by Crippen LogP contribution is -2.07. The number of hydrogen-bond acceptors (Lipinski definition) is 10. The Morgan fingerprint density at radius 2 is 0.812 bits per heavy atom. The van der Waals surface area contributed by atoms with Crippen molar-refractivity contribution >= 4 is 22.0 Å². The zero-order valence-corrected chi connectivity index (χ0v) is 8.33. The topological polar surface area (TPSA) is 208 Å². The fourth-order valence-electron chi connectivity index (χ4n) is 0. The van der Waals surface area contributed by atoms with Gasteiger partial charge in [0, 0.05) is 6.54 Å². The normalized spacial score (nSPS) is 6.62. The van der Waals surface area contributed by atoms with E-state index < -0.39 is 22.0 Å². The summed E-state index contributed by atoms with van der Waals surface area (Å²) in [6.07, 6.45) is 1.65. The predicted molar refractivity (Wildman–Crippen MR) is 56.5 cm³/mol. The van der Waals surface area contributed by atoms with Crippen LogP contribution in [0.3, 0.4) is 0 Å². The van der Waals surface area contributed by atoms with Crippen LogP contribution in [0.4, 0.5) is 0 Å². The standard InChI is InChI=1S/C3H7N.3BH3O3/c1-2-3-4;3*2-1(3)4/h2H,1,3-4H2;3*2-4H. The lowest BCUT2D eigenvalue weighted by molar-refractivity contribution is 0.276. The molecule has 0 unspecified atom stereocenters. The van der Waals surface area contributed by atoms with Gasteiger partial charge in [-0.15, -0.1) is 6.58 Å². The highest BCUT2D eigenvalue weighted by atomic mass is 16.5. The van der Waals surface area contributed by atoms with Crippen molar-refractivity contribution < 1.29 is 45.2 Å². The molecule has 0 rings (SSSR count). The van der Waals surface area contributed by atoms with Gasteiger partial charge in [0.2, 0.25) is 0 Å². The first-order valence-electron chi connectivity index (χ1n) is 3.55. The van der Waals surface area contributed by atoms with Crippen LogP contribution in [0.1, 0.15) is 0 Å². The van der Waals surface area contributed by atoms with Crippen molar-refractivity contribution in [1.29, 1.82) is 0 Å². The molecule has 11 N–H and O–H groups in total. The van der Waals surface area contributed by atoms with Crippen molar-refractivity contribution in [2.75, 3.05) is 6.54 Å². The summed E-state index contributed by atoms with van der Waals surface area (Å²) in [7, 11) is -6.50. The third-order valence-corrected chi connectivity index (χ3v) is 0.167. The second kappa shape index (κ2) is 24.0. The molecule has 96 valence electrons. The van der Waals surface area contributed by atoms with Gasteiger partial charge in [0.15, 0.2) is 0 Å². The third kappa shape index (κ3) is 7440. The second-order valence-electron chi connectivity index (χ2n) is 1.56. The fourth-order valence-corrected chi connectivity index (χ4v) is 0. The maximum atomic E-state index is 7.17. The molecule has 0 heterocycles. The molecule has 0 radical (unpaired) electrons. The Kier molecular flexibility index (Phi) is 37.0. The van der Waals surface area contributed by atoms with Crippen LogP contribution < -0.4 is 5.73 Å². The highest BCUT2D eigenvalue weighted by molar-refractivity contribution is 6.31. The van der Waals surface area contributed by atoms with Crippen molar-refractivity contribution in [2.24, 2.45) is 5.73 Å². The summed E-state index contributed by atoms with van der Waals surface area (Å²) in [6.45, 7) is 3.94. The third-order valence-electron chi connectivity index (χ3n) is 0.167. The summed E-state index contributed by atoms with van der Waals surface area (Å²) >= 11 is 0. The van der Waals surface area contributed by atoms with Gasteiger partial charge >= 0.3 is 22.0 Å². The van der Waals surface area contributed by atoms with E-state index >= 15 is 0 Å². The first kappa shape index (κ1) is 24.7. The minimum atomic E-state index is -2.17. The largest absolute Gasteiger partial charge is 0.631 e. The van der Waals surface area contributed by atoms with Gasteiger partial charge in [-0.05, 0) is 0 Å². The first-order chi connectivity index (χ1) is 7.11. The molecule has 0 bridgehead atoms. The molecule has 0 saturated carbocycles. The van der Waals surface area contributed by atoms with Gasteiger partial charge < -0.3 is 50.9 Å². The zero-order chi connectivity index (χ0) is 14.1. The predicted octanol–water partition coefficient (Wildman–Crippen LogP) is -6.02. The van der Waals surface area contributed by atoms with Crippen LogP contribution in [0, 0.1) is 0 Å². The Balaban J connectivity index is -0.0000000600. The molecule has 0 aromatic heterocycles. The Labute approximate surface area is 93.1 Å². The van der Waals surface area contributed by atoms with E-state index in [-0.39, 0.29) is 0 Å². The summed E-state index contributed by atoms with van der Waals surface area (Å²) in [5, 5.41) is 64.5. The van der Waals surface area contributed by atoms with E-state index in [4.69, 9.17) is 50.9 Å². The Bertz CT molecular complexity index is 91.6. The first-order valence-corrected chi connectivity index (χ1v) is 3.55. The molecule has 0 spiro atoms. The molecule has 0 saturated heterocycles. The van der Waals surface area contributed by atoms with Gasteiger partial charge in [-0.1, -0.05) is 6.08 Å². The molecule has 0 aromatic carbocycles. The van der Waals surface area contributed by atoms with Gasteiger partial charge in [-0.25, -0.2) is 0 Å². The average Bonchev–Trinajstić information content (AvgIpc) is 2.00. The summed E-state index contributed by atoms with van der Waals surface area (Å²) in [4.78, 5) is 0. The van der Waals surface area contributed by atoms with Crippen LogP contribution in [0.25, 0.3) is 0 Å². The lowest BCUT2D eigenvalue weighted by Gasteiger charge is -1.69. The maximum Gasteiger partial charge on any atom is 0.631 e. The molecular weight excluding hydrogens is 226 g/mol. The summed E-state index contributed by atoms with van der Waals surface area (Å²) in [5.41, 5.74) is 4.91. The van der Waals surface area contributed by atoms with E-state index in [9.17, 15) is 0 Å². The lowest BCUT2D eigenvalue weighted by atomic mass is 10.3. The van der Waals surface area contributed by atoms with Crippen LogP contribution in [0.15, 0.2) is 12.7 Å². The van der Waals surface area contributed by atoms with Crippen molar-refractivity contribution in [2.45, 2.75) is 0 Å². The van der Waals surface area contributed by atoms with E-state index in [1.54, 1.807) is 6.08 Å². The van der Waals surface area contributed by atoms with Crippen molar-refractivity contribution in [3.63, 3.8) is 0 Å².